The predicted molar refractivity (Wildman–Crippen MR) is 51.7 cm³/mol. The maximum Gasteiger partial charge on any atom is 0.671 e. The monoisotopic (exact) mass is 208 g/mol. The Morgan fingerprint density at radius 2 is 1.85 bits per heavy atom. The highest BCUT2D eigenvalue weighted by molar-refractivity contribution is 6.48. The van der Waals surface area contributed by atoms with Crippen LogP contribution in [-0.4, -0.2) is 30.0 Å². The standard InChI is InChI=1S/C8H20O4Si/c1-3-5-6-8(4-2)7-12-13(9,10)11/h8-11H,3-7H2,1-2H3. The van der Waals surface area contributed by atoms with Crippen molar-refractivity contribution in [3.8, 4) is 0 Å². The zero-order valence-corrected chi connectivity index (χ0v) is 9.36. The lowest BCUT2D eigenvalue weighted by atomic mass is 10.0. The summed E-state index contributed by atoms with van der Waals surface area (Å²) in [6, 6.07) is 0. The Kier molecular flexibility index (Phi) is 6.53. The number of hydrogen-bond donors (Lipinski definition) is 3. The van der Waals surface area contributed by atoms with Crippen molar-refractivity contribution in [2.45, 2.75) is 39.5 Å². The zero-order chi connectivity index (χ0) is 10.3. The molecule has 0 heterocycles. The third-order valence-electron chi connectivity index (χ3n) is 2.06. The van der Waals surface area contributed by atoms with E-state index in [0.717, 1.165) is 25.7 Å². The van der Waals surface area contributed by atoms with Crippen molar-refractivity contribution in [1.29, 1.82) is 0 Å². The summed E-state index contributed by atoms with van der Waals surface area (Å²) in [6.07, 6.45) is 4.18. The number of unbranched alkanes of at least 4 members (excludes halogenated alkanes) is 1. The lowest BCUT2D eigenvalue weighted by molar-refractivity contribution is 0.0465. The van der Waals surface area contributed by atoms with E-state index in [9.17, 15) is 0 Å². The molecule has 0 rings (SSSR count). The van der Waals surface area contributed by atoms with Crippen molar-refractivity contribution < 1.29 is 18.8 Å². The first-order valence-electron chi connectivity index (χ1n) is 4.80. The van der Waals surface area contributed by atoms with E-state index >= 15 is 0 Å². The first-order chi connectivity index (χ1) is 5.99. The van der Waals surface area contributed by atoms with Crippen LogP contribution in [0, 0.1) is 5.92 Å². The Morgan fingerprint density at radius 1 is 1.23 bits per heavy atom. The van der Waals surface area contributed by atoms with Crippen LogP contribution in [0.5, 0.6) is 0 Å². The summed E-state index contributed by atoms with van der Waals surface area (Å²) >= 11 is 0. The maximum atomic E-state index is 8.62. The fourth-order valence-electron chi connectivity index (χ4n) is 1.13. The Balaban J connectivity index is 3.59. The smallest absolute Gasteiger partial charge is 0.368 e. The molecule has 0 aliphatic heterocycles. The van der Waals surface area contributed by atoms with Gasteiger partial charge in [0.2, 0.25) is 0 Å². The molecule has 1 atom stereocenters. The molecule has 0 spiro atoms. The number of rotatable bonds is 7. The van der Waals surface area contributed by atoms with Crippen molar-refractivity contribution in [1.82, 2.24) is 0 Å². The summed E-state index contributed by atoms with van der Waals surface area (Å²) in [6.45, 7) is 4.38. The minimum Gasteiger partial charge on any atom is -0.368 e. The summed E-state index contributed by atoms with van der Waals surface area (Å²) in [5.41, 5.74) is 0. The molecule has 0 amide bonds. The van der Waals surface area contributed by atoms with Gasteiger partial charge < -0.3 is 18.8 Å². The van der Waals surface area contributed by atoms with Gasteiger partial charge in [0, 0.05) is 6.61 Å². The Labute approximate surface area is 80.7 Å². The van der Waals surface area contributed by atoms with Gasteiger partial charge in [-0.05, 0) is 12.3 Å². The molecule has 0 aromatic rings. The summed E-state index contributed by atoms with van der Waals surface area (Å²) in [7, 11) is -4.28. The summed E-state index contributed by atoms with van der Waals surface area (Å²) in [5.74, 6) is 0.318. The molecular weight excluding hydrogens is 188 g/mol. The average molecular weight is 208 g/mol. The molecular formula is C8H20O4Si. The molecule has 0 saturated heterocycles. The third kappa shape index (κ3) is 8.39. The molecule has 80 valence electrons. The summed E-state index contributed by atoms with van der Waals surface area (Å²) < 4.78 is 4.58. The maximum absolute atomic E-state index is 8.62. The molecule has 0 aromatic heterocycles. The second-order valence-electron chi connectivity index (χ2n) is 3.30. The molecule has 0 fully saturated rings. The van der Waals surface area contributed by atoms with Gasteiger partial charge >= 0.3 is 9.05 Å². The first-order valence-corrected chi connectivity index (χ1v) is 6.55. The zero-order valence-electron chi connectivity index (χ0n) is 8.36. The summed E-state index contributed by atoms with van der Waals surface area (Å²) in [4.78, 5) is 25.8. The summed E-state index contributed by atoms with van der Waals surface area (Å²) in [5, 5.41) is 0. The van der Waals surface area contributed by atoms with Crippen molar-refractivity contribution in [2.75, 3.05) is 6.61 Å². The molecule has 13 heavy (non-hydrogen) atoms. The van der Waals surface area contributed by atoms with E-state index in [0.29, 0.717) is 5.92 Å². The van der Waals surface area contributed by atoms with Gasteiger partial charge in [-0.2, -0.15) is 0 Å². The minimum atomic E-state index is -4.28. The van der Waals surface area contributed by atoms with Crippen LogP contribution in [0.3, 0.4) is 0 Å². The molecule has 3 N–H and O–H groups in total. The van der Waals surface area contributed by atoms with E-state index in [1.165, 1.54) is 0 Å². The molecule has 0 aliphatic rings. The van der Waals surface area contributed by atoms with E-state index in [2.05, 4.69) is 11.3 Å². The van der Waals surface area contributed by atoms with Crippen molar-refractivity contribution in [3.05, 3.63) is 0 Å². The minimum absolute atomic E-state index is 0.242. The SMILES string of the molecule is CCCCC(CC)CO[Si](O)(O)O. The van der Waals surface area contributed by atoms with Crippen molar-refractivity contribution >= 4 is 9.05 Å². The lowest BCUT2D eigenvalue weighted by Gasteiger charge is -2.17. The molecule has 5 heteroatoms. The van der Waals surface area contributed by atoms with Crippen LogP contribution in [0.25, 0.3) is 0 Å². The molecule has 0 aromatic carbocycles. The molecule has 4 nitrogen and oxygen atoms in total. The van der Waals surface area contributed by atoms with Crippen LogP contribution in [0.1, 0.15) is 39.5 Å². The van der Waals surface area contributed by atoms with E-state index in [4.69, 9.17) is 14.4 Å². The van der Waals surface area contributed by atoms with Crippen LogP contribution in [0.15, 0.2) is 0 Å². The molecule has 0 aliphatic carbocycles. The largest absolute Gasteiger partial charge is 0.671 e. The van der Waals surface area contributed by atoms with E-state index in [-0.39, 0.29) is 6.61 Å². The van der Waals surface area contributed by atoms with Crippen LogP contribution >= 0.6 is 0 Å². The van der Waals surface area contributed by atoms with Gasteiger partial charge in [0.05, 0.1) is 0 Å². The average Bonchev–Trinajstić information content (AvgIpc) is 2.03. The normalized spacial score (nSPS) is 14.5. The van der Waals surface area contributed by atoms with E-state index < -0.39 is 9.05 Å². The van der Waals surface area contributed by atoms with Gasteiger partial charge in [-0.25, -0.2) is 0 Å². The van der Waals surface area contributed by atoms with Gasteiger partial charge in [-0.15, -0.1) is 0 Å². The fraction of sp³-hybridized carbons (Fsp3) is 1.00. The predicted octanol–water partition coefficient (Wildman–Crippen LogP) is 0.632. The van der Waals surface area contributed by atoms with Gasteiger partial charge in [0.15, 0.2) is 0 Å². The van der Waals surface area contributed by atoms with Gasteiger partial charge in [0.25, 0.3) is 0 Å². The molecule has 0 radical (unpaired) electrons. The van der Waals surface area contributed by atoms with Crippen LogP contribution in [-0.2, 0) is 4.43 Å². The molecule has 1 unspecified atom stereocenters. The van der Waals surface area contributed by atoms with Gasteiger partial charge in [-0.1, -0.05) is 33.1 Å². The molecule has 0 saturated carbocycles. The Hall–Kier alpha value is 0.0569. The quantitative estimate of drug-likeness (QED) is 0.537. The van der Waals surface area contributed by atoms with E-state index in [1.807, 2.05) is 6.92 Å². The van der Waals surface area contributed by atoms with Crippen LogP contribution in [0.4, 0.5) is 0 Å². The van der Waals surface area contributed by atoms with Gasteiger partial charge in [0.1, 0.15) is 0 Å². The Morgan fingerprint density at radius 3 is 2.23 bits per heavy atom. The Bertz CT molecular complexity index is 124. The van der Waals surface area contributed by atoms with Crippen molar-refractivity contribution in [2.24, 2.45) is 5.92 Å². The number of hydrogen-bond acceptors (Lipinski definition) is 4. The lowest BCUT2D eigenvalue weighted by Crippen LogP contribution is -2.40. The van der Waals surface area contributed by atoms with Crippen molar-refractivity contribution in [3.63, 3.8) is 0 Å². The fourth-order valence-corrected chi connectivity index (χ4v) is 1.59. The first kappa shape index (κ1) is 13.1. The van der Waals surface area contributed by atoms with Crippen LogP contribution < -0.4 is 0 Å². The highest BCUT2D eigenvalue weighted by atomic mass is 28.4. The van der Waals surface area contributed by atoms with Gasteiger partial charge in [-0.3, -0.25) is 0 Å². The van der Waals surface area contributed by atoms with Crippen LogP contribution in [0.2, 0.25) is 0 Å². The highest BCUT2D eigenvalue weighted by Crippen LogP contribution is 2.13. The van der Waals surface area contributed by atoms with E-state index in [1.54, 1.807) is 0 Å². The second kappa shape index (κ2) is 6.50. The highest BCUT2D eigenvalue weighted by Gasteiger charge is 2.31. The molecule has 0 bridgehead atoms. The second-order valence-corrected chi connectivity index (χ2v) is 4.74. The topological polar surface area (TPSA) is 69.9 Å². The third-order valence-corrected chi connectivity index (χ3v) is 2.61.